The molecule has 1 saturated heterocycles. The van der Waals surface area contributed by atoms with E-state index < -0.39 is 0 Å². The largest absolute Gasteiger partial charge is 0.367 e. The van der Waals surface area contributed by atoms with E-state index in [4.69, 9.17) is 4.98 Å². The molecule has 3 aromatic heterocycles. The van der Waals surface area contributed by atoms with Crippen molar-refractivity contribution in [3.05, 3.63) is 36.3 Å². The maximum absolute atomic E-state index is 13.0. The average molecular weight is 475 g/mol. The molecular weight excluding hydrogens is 440 g/mol. The van der Waals surface area contributed by atoms with Gasteiger partial charge in [-0.25, -0.2) is 9.97 Å². The van der Waals surface area contributed by atoms with E-state index in [1.165, 1.54) is 19.3 Å². The van der Waals surface area contributed by atoms with Crippen LogP contribution in [0.4, 0.5) is 17.5 Å². The molecule has 9 nitrogen and oxygen atoms in total. The van der Waals surface area contributed by atoms with Gasteiger partial charge in [0.25, 0.3) is 5.91 Å². The van der Waals surface area contributed by atoms with Crippen molar-refractivity contribution >= 4 is 34.4 Å². The van der Waals surface area contributed by atoms with Gasteiger partial charge in [0.15, 0.2) is 0 Å². The van der Waals surface area contributed by atoms with E-state index in [1.807, 2.05) is 36.5 Å². The molecule has 0 atom stereocenters. The number of hydrogen-bond acceptors (Lipinski definition) is 7. The summed E-state index contributed by atoms with van der Waals surface area (Å²) in [6.07, 6.45) is 9.47. The minimum Gasteiger partial charge on any atom is -0.367 e. The number of likely N-dealkylation sites (N-methyl/N-ethyl adjacent to an activating group) is 1. The minimum atomic E-state index is -0.0827. The lowest BCUT2D eigenvalue weighted by Crippen LogP contribution is -2.57. The van der Waals surface area contributed by atoms with Crippen LogP contribution in [0.25, 0.3) is 11.0 Å². The van der Waals surface area contributed by atoms with E-state index in [0.29, 0.717) is 11.8 Å². The zero-order valence-electron chi connectivity index (χ0n) is 20.8. The Hall–Kier alpha value is -3.20. The molecule has 2 fully saturated rings. The molecule has 2 N–H and O–H groups in total. The van der Waals surface area contributed by atoms with Crippen molar-refractivity contribution in [3.8, 4) is 0 Å². The molecule has 3 aliphatic rings. The van der Waals surface area contributed by atoms with Crippen LogP contribution >= 0.6 is 0 Å². The monoisotopic (exact) mass is 474 g/mol. The summed E-state index contributed by atoms with van der Waals surface area (Å²) in [5.74, 6) is 1.26. The number of aromatic nitrogens is 4. The Morgan fingerprint density at radius 2 is 1.89 bits per heavy atom. The van der Waals surface area contributed by atoms with E-state index in [2.05, 4.69) is 50.0 Å². The first-order valence-corrected chi connectivity index (χ1v) is 12.7. The number of carbonyl (C=O) groups is 1. The Morgan fingerprint density at radius 1 is 1.06 bits per heavy atom. The zero-order valence-corrected chi connectivity index (χ0v) is 20.8. The van der Waals surface area contributed by atoms with Crippen molar-refractivity contribution in [3.63, 3.8) is 0 Å². The number of nitrogens with zero attached hydrogens (tertiary/aromatic N) is 6. The van der Waals surface area contributed by atoms with Gasteiger partial charge >= 0.3 is 0 Å². The highest BCUT2D eigenvalue weighted by Crippen LogP contribution is 2.42. The molecule has 0 radical (unpaired) electrons. The topological polar surface area (TPSA) is 91.2 Å². The highest BCUT2D eigenvalue weighted by atomic mass is 16.2. The highest BCUT2D eigenvalue weighted by Gasteiger charge is 2.43. The molecule has 6 rings (SSSR count). The van der Waals surface area contributed by atoms with Crippen LogP contribution in [-0.4, -0.2) is 69.1 Å². The molecule has 184 valence electrons. The van der Waals surface area contributed by atoms with Crippen LogP contribution in [0.15, 0.2) is 30.6 Å². The summed E-state index contributed by atoms with van der Waals surface area (Å²) in [6.45, 7) is 8.05. The molecule has 9 heteroatoms. The lowest BCUT2D eigenvalue weighted by molar-refractivity contribution is 0.0543. The quantitative estimate of drug-likeness (QED) is 0.600. The van der Waals surface area contributed by atoms with Gasteiger partial charge in [0.2, 0.25) is 5.95 Å². The second kappa shape index (κ2) is 8.19. The van der Waals surface area contributed by atoms with Crippen LogP contribution in [0.1, 0.15) is 56.4 Å². The van der Waals surface area contributed by atoms with E-state index >= 15 is 0 Å². The Morgan fingerprint density at radius 3 is 2.63 bits per heavy atom. The predicted octanol–water partition coefficient (Wildman–Crippen LogP) is 3.50. The molecule has 1 saturated carbocycles. The number of rotatable bonds is 3. The van der Waals surface area contributed by atoms with Crippen molar-refractivity contribution in [2.45, 2.75) is 57.0 Å². The fraction of sp³-hybridized carbons (Fsp3) is 0.538. The summed E-state index contributed by atoms with van der Waals surface area (Å²) < 4.78 is 2.22. The van der Waals surface area contributed by atoms with Crippen LogP contribution in [0.5, 0.6) is 0 Å². The maximum Gasteiger partial charge on any atom is 0.270 e. The van der Waals surface area contributed by atoms with Crippen LogP contribution < -0.4 is 15.5 Å². The second-order valence-corrected chi connectivity index (χ2v) is 11.0. The molecule has 1 amide bonds. The lowest BCUT2D eigenvalue weighted by Gasteiger charge is -2.45. The first-order chi connectivity index (χ1) is 16.8. The Balaban J connectivity index is 1.30. The van der Waals surface area contributed by atoms with Crippen molar-refractivity contribution in [2.24, 2.45) is 0 Å². The molecule has 1 spiro atoms. The number of pyridine rings is 1. The third-order valence-corrected chi connectivity index (χ3v) is 7.82. The van der Waals surface area contributed by atoms with Crippen LogP contribution in [0.2, 0.25) is 0 Å². The van der Waals surface area contributed by atoms with Crippen LogP contribution in [-0.2, 0) is 5.54 Å². The zero-order chi connectivity index (χ0) is 24.2. The van der Waals surface area contributed by atoms with Crippen LogP contribution in [0, 0.1) is 0 Å². The van der Waals surface area contributed by atoms with Crippen molar-refractivity contribution in [1.29, 1.82) is 0 Å². The summed E-state index contributed by atoms with van der Waals surface area (Å²) in [5, 5.41) is 7.73. The minimum absolute atomic E-state index is 0.0575. The normalized spacial score (nSPS) is 21.4. The third kappa shape index (κ3) is 3.91. The summed E-state index contributed by atoms with van der Waals surface area (Å²) in [7, 11) is 1.91. The van der Waals surface area contributed by atoms with Crippen molar-refractivity contribution in [1.82, 2.24) is 29.7 Å². The van der Waals surface area contributed by atoms with Gasteiger partial charge in [0.05, 0.1) is 17.4 Å². The molecular formula is C26H34N8O. The van der Waals surface area contributed by atoms with E-state index in [0.717, 1.165) is 61.4 Å². The Kier molecular flexibility index (Phi) is 5.21. The first kappa shape index (κ1) is 22.3. The first-order valence-electron chi connectivity index (χ1n) is 12.7. The SMILES string of the molecule is CN1CC2(CCCCC2)n2c(cc3cnc(Nc4ccc(N5CCNC(C)(C)C5)cn4)nc32)C1=O. The van der Waals surface area contributed by atoms with E-state index in [9.17, 15) is 4.79 Å². The number of anilines is 3. The number of fused-ring (bicyclic) bond motifs is 4. The van der Waals surface area contributed by atoms with Crippen molar-refractivity contribution in [2.75, 3.05) is 43.4 Å². The molecule has 35 heavy (non-hydrogen) atoms. The smallest absolute Gasteiger partial charge is 0.270 e. The number of carbonyl (C=O) groups excluding carboxylic acids is 1. The highest BCUT2D eigenvalue weighted by molar-refractivity contribution is 5.99. The van der Waals surface area contributed by atoms with Crippen LogP contribution in [0.3, 0.4) is 0 Å². The molecule has 3 aromatic rings. The summed E-state index contributed by atoms with van der Waals surface area (Å²) in [4.78, 5) is 31.3. The predicted molar refractivity (Wildman–Crippen MR) is 137 cm³/mol. The molecule has 5 heterocycles. The van der Waals surface area contributed by atoms with Gasteiger partial charge < -0.3 is 25.0 Å². The van der Waals surface area contributed by atoms with Gasteiger partial charge in [-0.15, -0.1) is 0 Å². The average Bonchev–Trinajstić information content (AvgIpc) is 3.23. The van der Waals surface area contributed by atoms with E-state index in [1.54, 1.807) is 0 Å². The molecule has 0 unspecified atom stereocenters. The molecule has 1 aliphatic carbocycles. The second-order valence-electron chi connectivity index (χ2n) is 11.0. The number of piperazine rings is 1. The third-order valence-electron chi connectivity index (χ3n) is 7.82. The Labute approximate surface area is 205 Å². The summed E-state index contributed by atoms with van der Waals surface area (Å²) >= 11 is 0. The van der Waals surface area contributed by atoms with Gasteiger partial charge in [-0.05, 0) is 44.9 Å². The lowest BCUT2D eigenvalue weighted by atomic mass is 9.79. The number of hydrogen-bond donors (Lipinski definition) is 2. The molecule has 2 aliphatic heterocycles. The van der Waals surface area contributed by atoms with Crippen molar-refractivity contribution < 1.29 is 4.79 Å². The van der Waals surface area contributed by atoms with Gasteiger partial charge in [-0.2, -0.15) is 4.98 Å². The van der Waals surface area contributed by atoms with Gasteiger partial charge in [-0.1, -0.05) is 19.3 Å². The summed E-state index contributed by atoms with van der Waals surface area (Å²) in [5.41, 5.74) is 2.68. The standard InChI is InChI=1S/C26H34N8O/c1-25(2)16-33(12-11-29-25)19-7-8-21(27-15-19)30-24-28-14-18-13-20-23(35)32(3)17-26(9-5-4-6-10-26)34(20)22(18)31-24/h7-8,13-15,29H,4-6,9-12,16-17H2,1-3H3,(H,27,28,30,31). The van der Waals surface area contributed by atoms with Gasteiger partial charge in [-0.3, -0.25) is 4.79 Å². The van der Waals surface area contributed by atoms with E-state index in [-0.39, 0.29) is 17.0 Å². The number of amides is 1. The molecule has 0 bridgehead atoms. The fourth-order valence-electron chi connectivity index (χ4n) is 6.18. The summed E-state index contributed by atoms with van der Waals surface area (Å²) in [6, 6.07) is 6.03. The molecule has 0 aromatic carbocycles. The maximum atomic E-state index is 13.0. The van der Waals surface area contributed by atoms with Gasteiger partial charge in [0, 0.05) is 50.3 Å². The fourth-order valence-corrected chi connectivity index (χ4v) is 6.18. The number of nitrogens with one attached hydrogen (secondary N) is 2. The van der Waals surface area contributed by atoms with Gasteiger partial charge in [0.1, 0.15) is 17.2 Å². The Bertz CT molecular complexity index is 1260.